The van der Waals surface area contributed by atoms with Crippen LogP contribution < -0.4 is 4.74 Å². The molecule has 0 atom stereocenters. The molecule has 5 aromatic rings. The lowest BCUT2D eigenvalue weighted by atomic mass is 10.1. The summed E-state index contributed by atoms with van der Waals surface area (Å²) >= 11 is 0. The van der Waals surface area contributed by atoms with Gasteiger partial charge in [-0.05, 0) is 35.7 Å². The largest absolute Gasteiger partial charge is 0.497 e. The average Bonchev–Trinajstić information content (AvgIpc) is 3.08. The van der Waals surface area contributed by atoms with Gasteiger partial charge in [-0.1, -0.05) is 107 Å². The highest BCUT2D eigenvalue weighted by Crippen LogP contribution is 2.28. The van der Waals surface area contributed by atoms with E-state index in [1.165, 1.54) is 86.0 Å². The van der Waals surface area contributed by atoms with Crippen LogP contribution in [0.1, 0.15) is 11.1 Å². The molecule has 0 amide bonds. The number of fused-ring (bicyclic) bond motifs is 1. The van der Waals surface area contributed by atoms with Crippen LogP contribution in [0.15, 0.2) is 147 Å². The fraction of sp³-hybridized carbons (Fsp3) is 0.0909. The zero-order chi connectivity index (χ0) is 36.6. The highest BCUT2D eigenvalue weighted by atomic mass is 32.2. The lowest BCUT2D eigenvalue weighted by Gasteiger charge is -2.11. The molecule has 0 spiro atoms. The van der Waals surface area contributed by atoms with Crippen LogP contribution in [0.25, 0.3) is 10.8 Å². The van der Waals surface area contributed by atoms with Crippen molar-refractivity contribution in [1.29, 1.82) is 0 Å². The highest BCUT2D eigenvalue weighted by molar-refractivity contribution is 7.87. The van der Waals surface area contributed by atoms with Gasteiger partial charge in [-0.25, -0.2) is 0 Å². The van der Waals surface area contributed by atoms with Crippen LogP contribution >= 0.6 is 0 Å². The Kier molecular flexibility index (Phi) is 11.5. The second-order valence-electron chi connectivity index (χ2n) is 9.82. The molecule has 17 heteroatoms. The van der Waals surface area contributed by atoms with E-state index in [0.717, 1.165) is 24.3 Å². The number of ether oxygens (including phenoxy) is 1. The fourth-order valence-corrected chi connectivity index (χ4v) is 5.82. The van der Waals surface area contributed by atoms with Crippen molar-refractivity contribution in [2.75, 3.05) is 7.11 Å². The summed E-state index contributed by atoms with van der Waals surface area (Å²) in [6, 6.07) is 29.1. The second-order valence-corrected chi connectivity index (χ2v) is 12.8. The highest BCUT2D eigenvalue weighted by Gasteiger charge is 2.39. The Morgan fingerprint density at radius 3 is 1.46 bits per heavy atom. The summed E-state index contributed by atoms with van der Waals surface area (Å²) in [4.78, 5) is -0.601. The molecule has 5 rings (SSSR count). The molecule has 0 heterocycles. The first-order valence-corrected chi connectivity index (χ1v) is 16.7. The van der Waals surface area contributed by atoms with Gasteiger partial charge in [0, 0.05) is 16.5 Å². The minimum atomic E-state index is -4.88. The molecule has 0 fully saturated rings. The van der Waals surface area contributed by atoms with Crippen LogP contribution in [0, 0.1) is 0 Å². The summed E-state index contributed by atoms with van der Waals surface area (Å²) in [7, 11) is -7.64. The summed E-state index contributed by atoms with van der Waals surface area (Å²) < 4.78 is 141. The molecule has 262 valence electrons. The van der Waals surface area contributed by atoms with Gasteiger partial charge in [-0.15, -0.1) is 0 Å². The summed E-state index contributed by atoms with van der Waals surface area (Å²) in [6.45, 7) is 0. The molecular formula is C33H24F6N2O7S2. The van der Waals surface area contributed by atoms with Crippen molar-refractivity contribution in [2.45, 2.75) is 22.1 Å². The first-order chi connectivity index (χ1) is 23.5. The standard InChI is InChI=1S/C18H12F3NO3S.C15H12F3NO4S/c19-18(20,21)17(14-8-2-1-3-9-14)22-25-26(23,24)16-12-6-10-13-7-4-5-11-15(13)16;1-22-12-7-9-13(10-8-12)24(20,21)23-19-14(15(16,17)18)11-5-3-2-4-6-11/h1-12H;2-10H,1H3. The third-order valence-electron chi connectivity index (χ3n) is 6.45. The van der Waals surface area contributed by atoms with Crippen molar-refractivity contribution in [1.82, 2.24) is 0 Å². The van der Waals surface area contributed by atoms with E-state index in [1.807, 2.05) is 0 Å². The summed E-state index contributed by atoms with van der Waals surface area (Å²) in [5.41, 5.74) is -3.48. The van der Waals surface area contributed by atoms with E-state index in [-0.39, 0.29) is 20.9 Å². The van der Waals surface area contributed by atoms with Crippen molar-refractivity contribution in [3.05, 3.63) is 139 Å². The number of hydrogen-bond acceptors (Lipinski definition) is 9. The molecule has 0 saturated heterocycles. The van der Waals surface area contributed by atoms with Gasteiger partial charge in [0.25, 0.3) is 0 Å². The van der Waals surface area contributed by atoms with Crippen LogP contribution in [0.2, 0.25) is 0 Å². The first-order valence-electron chi connectivity index (χ1n) is 13.9. The molecular weight excluding hydrogens is 714 g/mol. The molecule has 50 heavy (non-hydrogen) atoms. The maximum atomic E-state index is 13.2. The van der Waals surface area contributed by atoms with Gasteiger partial charge in [0.2, 0.25) is 0 Å². The molecule has 0 saturated carbocycles. The molecule has 0 N–H and O–H groups in total. The number of alkyl halides is 6. The van der Waals surface area contributed by atoms with Crippen LogP contribution in [0.3, 0.4) is 0 Å². The van der Waals surface area contributed by atoms with Gasteiger partial charge >= 0.3 is 32.6 Å². The van der Waals surface area contributed by atoms with Crippen molar-refractivity contribution in [2.24, 2.45) is 10.3 Å². The van der Waals surface area contributed by atoms with Gasteiger partial charge in [0.15, 0.2) is 11.4 Å². The van der Waals surface area contributed by atoms with Gasteiger partial charge in [-0.3, -0.25) is 8.57 Å². The van der Waals surface area contributed by atoms with E-state index in [0.29, 0.717) is 16.5 Å². The Balaban J connectivity index is 0.000000226. The summed E-state index contributed by atoms with van der Waals surface area (Å²) in [6.07, 6.45) is -9.76. The van der Waals surface area contributed by atoms with Crippen molar-refractivity contribution in [3.63, 3.8) is 0 Å². The number of methoxy groups -OCH3 is 1. The van der Waals surface area contributed by atoms with Gasteiger partial charge in [0.1, 0.15) is 15.5 Å². The monoisotopic (exact) mass is 738 g/mol. The SMILES string of the molecule is COc1ccc(S(=O)(=O)ON=C(c2ccccc2)C(F)(F)F)cc1.O=S(=O)(ON=C(c1ccccc1)C(F)(F)F)c1cccc2ccccc12. The predicted molar refractivity (Wildman–Crippen MR) is 172 cm³/mol. The molecule has 0 aliphatic rings. The Morgan fingerprint density at radius 1 is 0.540 bits per heavy atom. The van der Waals surface area contributed by atoms with Crippen molar-refractivity contribution in [3.8, 4) is 5.75 Å². The molecule has 0 unspecified atom stereocenters. The van der Waals surface area contributed by atoms with Gasteiger partial charge in [-0.2, -0.15) is 43.2 Å². The van der Waals surface area contributed by atoms with Gasteiger partial charge < -0.3 is 4.74 Å². The minimum absolute atomic E-state index is 0.256. The summed E-state index contributed by atoms with van der Waals surface area (Å²) in [5, 5.41) is 6.70. The number of benzene rings is 5. The van der Waals surface area contributed by atoms with E-state index in [1.54, 1.807) is 24.3 Å². The zero-order valence-electron chi connectivity index (χ0n) is 25.5. The maximum Gasteiger partial charge on any atom is 0.437 e. The molecule has 0 aliphatic heterocycles. The number of hydrogen-bond donors (Lipinski definition) is 0. The van der Waals surface area contributed by atoms with Crippen molar-refractivity contribution >= 4 is 42.4 Å². The van der Waals surface area contributed by atoms with Crippen LogP contribution in [-0.2, 0) is 28.8 Å². The Bertz CT molecular complexity index is 2190. The predicted octanol–water partition coefficient (Wildman–Crippen LogP) is 7.88. The second kappa shape index (κ2) is 15.4. The van der Waals surface area contributed by atoms with Gasteiger partial charge in [0.05, 0.1) is 7.11 Å². The number of nitrogens with zero attached hydrogens (tertiary/aromatic N) is 2. The molecule has 5 aromatic carbocycles. The number of oxime groups is 2. The number of rotatable bonds is 9. The van der Waals surface area contributed by atoms with Crippen LogP contribution in [-0.4, -0.2) is 47.7 Å². The summed E-state index contributed by atoms with van der Waals surface area (Å²) in [5.74, 6) is 0.387. The third-order valence-corrected chi connectivity index (χ3v) is 8.74. The van der Waals surface area contributed by atoms with Crippen LogP contribution in [0.5, 0.6) is 5.75 Å². The minimum Gasteiger partial charge on any atom is -0.497 e. The molecule has 0 aliphatic carbocycles. The van der Waals surface area contributed by atoms with E-state index in [2.05, 4.69) is 18.9 Å². The lowest BCUT2D eigenvalue weighted by Crippen LogP contribution is -2.25. The van der Waals surface area contributed by atoms with Crippen LogP contribution in [0.4, 0.5) is 26.3 Å². The third kappa shape index (κ3) is 9.60. The lowest BCUT2D eigenvalue weighted by molar-refractivity contribution is -0.0606. The van der Waals surface area contributed by atoms with E-state index in [4.69, 9.17) is 4.74 Å². The Morgan fingerprint density at radius 2 is 0.980 bits per heavy atom. The first kappa shape index (κ1) is 37.4. The van der Waals surface area contributed by atoms with Crippen molar-refractivity contribution < 1.29 is 56.5 Å². The molecule has 0 bridgehead atoms. The molecule has 9 nitrogen and oxygen atoms in total. The molecule has 0 radical (unpaired) electrons. The fourth-order valence-electron chi connectivity index (χ4n) is 4.14. The zero-order valence-corrected chi connectivity index (χ0v) is 27.1. The average molecular weight is 739 g/mol. The molecule has 0 aromatic heterocycles. The van der Waals surface area contributed by atoms with E-state index < -0.39 is 44.0 Å². The van der Waals surface area contributed by atoms with E-state index >= 15 is 0 Å². The Labute approximate surface area is 282 Å². The topological polar surface area (TPSA) is 121 Å². The quantitative estimate of drug-likeness (QED) is 0.0857. The normalized spacial score (nSPS) is 12.9. The number of halogens is 6. The Hall–Kier alpha value is -5.42. The van der Waals surface area contributed by atoms with E-state index in [9.17, 15) is 43.2 Å². The smallest absolute Gasteiger partial charge is 0.437 e. The maximum absolute atomic E-state index is 13.2.